The zero-order valence-electron chi connectivity index (χ0n) is 16.2. The van der Waals surface area contributed by atoms with E-state index in [9.17, 15) is 9.59 Å². The number of piperidine rings is 3. The molecule has 5 rings (SSSR count). The van der Waals surface area contributed by atoms with Gasteiger partial charge >= 0.3 is 0 Å². The van der Waals surface area contributed by atoms with E-state index in [1.165, 1.54) is 18.4 Å². The van der Waals surface area contributed by atoms with Gasteiger partial charge in [-0.25, -0.2) is 0 Å². The number of nitrogens with zero attached hydrogens (tertiary/aromatic N) is 2. The molecule has 4 aliphatic heterocycles. The number of ether oxygens (including phenoxy) is 1. The molecule has 1 aromatic carbocycles. The number of hydrogen-bond donors (Lipinski definition) is 1. The molecule has 146 valence electrons. The Morgan fingerprint density at radius 2 is 1.81 bits per heavy atom. The molecule has 6 heteroatoms. The molecule has 4 heterocycles. The second-order valence-electron chi connectivity index (χ2n) is 7.95. The molecule has 0 saturated carbocycles. The summed E-state index contributed by atoms with van der Waals surface area (Å²) in [6.45, 7) is 3.03. The van der Waals surface area contributed by atoms with E-state index in [4.69, 9.17) is 4.74 Å². The highest BCUT2D eigenvalue weighted by Gasteiger charge is 2.54. The first-order valence-electron chi connectivity index (χ1n) is 10.0. The highest BCUT2D eigenvalue weighted by molar-refractivity contribution is 5.84. The van der Waals surface area contributed by atoms with Crippen molar-refractivity contribution in [1.29, 1.82) is 0 Å². The molecule has 0 radical (unpaired) electrons. The van der Waals surface area contributed by atoms with Crippen LogP contribution in [0.25, 0.3) is 0 Å². The lowest BCUT2D eigenvalue weighted by Crippen LogP contribution is -2.60. The van der Waals surface area contributed by atoms with Gasteiger partial charge in [-0.05, 0) is 49.5 Å². The van der Waals surface area contributed by atoms with Crippen LogP contribution < -0.4 is 10.1 Å². The highest BCUT2D eigenvalue weighted by Crippen LogP contribution is 2.46. The fraction of sp³-hybridized carbons (Fsp3) is 0.619. The summed E-state index contributed by atoms with van der Waals surface area (Å²) >= 11 is 0. The molecular weight excluding hydrogens is 342 g/mol. The summed E-state index contributed by atoms with van der Waals surface area (Å²) in [5, 5.41) is 2.61. The van der Waals surface area contributed by atoms with E-state index in [2.05, 4.69) is 27.2 Å². The van der Waals surface area contributed by atoms with Crippen LogP contribution in [0, 0.1) is 5.92 Å². The lowest BCUT2D eigenvalue weighted by atomic mass is 9.75. The first-order valence-corrected chi connectivity index (χ1v) is 10.0. The number of likely N-dealkylation sites (tertiary alicyclic amines) is 1. The van der Waals surface area contributed by atoms with Crippen LogP contribution in [0.15, 0.2) is 24.3 Å². The Hall–Kier alpha value is -2.08. The van der Waals surface area contributed by atoms with Crippen LogP contribution in [-0.4, -0.2) is 67.5 Å². The van der Waals surface area contributed by atoms with E-state index >= 15 is 0 Å². The van der Waals surface area contributed by atoms with Crippen molar-refractivity contribution >= 4 is 11.8 Å². The second kappa shape index (κ2) is 7.50. The number of fused-ring (bicyclic) bond motifs is 2. The summed E-state index contributed by atoms with van der Waals surface area (Å²) in [4.78, 5) is 29.3. The van der Waals surface area contributed by atoms with Crippen LogP contribution >= 0.6 is 0 Å². The monoisotopic (exact) mass is 371 g/mol. The molecule has 0 aromatic heterocycles. The van der Waals surface area contributed by atoms with E-state index in [0.29, 0.717) is 24.3 Å². The Bertz CT molecular complexity index is 697. The van der Waals surface area contributed by atoms with Crippen molar-refractivity contribution in [3.8, 4) is 5.75 Å². The Morgan fingerprint density at radius 1 is 1.11 bits per heavy atom. The molecule has 2 amide bonds. The maximum absolute atomic E-state index is 13.0. The van der Waals surface area contributed by atoms with Crippen LogP contribution in [0.3, 0.4) is 0 Å². The third kappa shape index (κ3) is 3.31. The summed E-state index contributed by atoms with van der Waals surface area (Å²) in [6, 6.07) is 8.99. The zero-order chi connectivity index (χ0) is 19.0. The van der Waals surface area contributed by atoms with Crippen LogP contribution in [-0.2, 0) is 9.59 Å². The third-order valence-corrected chi connectivity index (χ3v) is 6.70. The number of amides is 2. The Labute approximate surface area is 160 Å². The third-order valence-electron chi connectivity index (χ3n) is 6.70. The predicted octanol–water partition coefficient (Wildman–Crippen LogP) is 1.61. The molecule has 2 bridgehead atoms. The van der Waals surface area contributed by atoms with Crippen molar-refractivity contribution in [3.05, 3.63) is 29.8 Å². The summed E-state index contributed by atoms with van der Waals surface area (Å²) in [7, 11) is 3.30. The van der Waals surface area contributed by atoms with E-state index < -0.39 is 0 Å². The van der Waals surface area contributed by atoms with Crippen molar-refractivity contribution in [2.75, 3.05) is 33.8 Å². The van der Waals surface area contributed by atoms with E-state index in [1.807, 2.05) is 12.1 Å². The van der Waals surface area contributed by atoms with Crippen LogP contribution in [0.2, 0.25) is 0 Å². The van der Waals surface area contributed by atoms with Crippen LogP contribution in [0.1, 0.15) is 37.2 Å². The molecule has 27 heavy (non-hydrogen) atoms. The summed E-state index contributed by atoms with van der Waals surface area (Å²) in [5.41, 5.74) is 1.28. The molecule has 0 unspecified atom stereocenters. The Kier molecular flexibility index (Phi) is 5.08. The van der Waals surface area contributed by atoms with E-state index in [-0.39, 0.29) is 24.3 Å². The van der Waals surface area contributed by atoms with Crippen molar-refractivity contribution in [1.82, 2.24) is 15.1 Å². The minimum Gasteiger partial charge on any atom is -0.497 e. The Morgan fingerprint density at radius 3 is 2.44 bits per heavy atom. The molecule has 0 aliphatic carbocycles. The quantitative estimate of drug-likeness (QED) is 0.854. The van der Waals surface area contributed by atoms with E-state index in [0.717, 1.165) is 25.4 Å². The molecular formula is C21H29N3O3. The fourth-order valence-electron chi connectivity index (χ4n) is 5.34. The SMILES string of the molecule is CNC(=O)CCC(=O)N1C[C@@H](c2ccc(OC)cc2)[C@@H]2[C@H]1C1CCN2CC1. The van der Waals surface area contributed by atoms with Gasteiger partial charge in [0.05, 0.1) is 13.2 Å². The highest BCUT2D eigenvalue weighted by atomic mass is 16.5. The number of benzene rings is 1. The van der Waals surface area contributed by atoms with Crippen molar-refractivity contribution in [2.45, 2.75) is 43.7 Å². The minimum atomic E-state index is -0.0697. The first kappa shape index (κ1) is 18.3. The summed E-state index contributed by atoms with van der Waals surface area (Å²) < 4.78 is 5.30. The summed E-state index contributed by atoms with van der Waals surface area (Å²) in [5.74, 6) is 1.83. The van der Waals surface area contributed by atoms with Crippen molar-refractivity contribution in [3.63, 3.8) is 0 Å². The van der Waals surface area contributed by atoms with E-state index in [1.54, 1.807) is 14.2 Å². The maximum atomic E-state index is 13.0. The molecule has 4 saturated heterocycles. The van der Waals surface area contributed by atoms with Crippen LogP contribution in [0.5, 0.6) is 5.75 Å². The van der Waals surface area contributed by atoms with Gasteiger partial charge in [-0.1, -0.05) is 12.1 Å². The lowest BCUT2D eigenvalue weighted by Gasteiger charge is -2.51. The first-order chi connectivity index (χ1) is 13.1. The molecule has 1 aromatic rings. The topological polar surface area (TPSA) is 61.9 Å². The number of carbonyl (C=O) groups is 2. The standard InChI is InChI=1S/C21H29N3O3/c1-22-18(25)7-8-19(26)24-13-17(14-3-5-16(27-2)6-4-14)21-20(24)15-9-11-23(21)12-10-15/h3-6,15,17,20-21H,7-13H2,1-2H3,(H,22,25)/t17-,20+,21+/m0/s1. The largest absolute Gasteiger partial charge is 0.497 e. The number of carbonyl (C=O) groups excluding carboxylic acids is 2. The fourth-order valence-corrected chi connectivity index (χ4v) is 5.34. The lowest BCUT2D eigenvalue weighted by molar-refractivity contribution is -0.137. The second-order valence-corrected chi connectivity index (χ2v) is 7.95. The average Bonchev–Trinajstić information content (AvgIpc) is 3.15. The zero-order valence-corrected chi connectivity index (χ0v) is 16.2. The predicted molar refractivity (Wildman–Crippen MR) is 103 cm³/mol. The molecule has 1 N–H and O–H groups in total. The number of nitrogens with one attached hydrogen (secondary N) is 1. The molecule has 3 atom stereocenters. The van der Waals surface area contributed by atoms with Crippen LogP contribution in [0.4, 0.5) is 0 Å². The van der Waals surface area contributed by atoms with Gasteiger partial charge in [0, 0.05) is 38.4 Å². The maximum Gasteiger partial charge on any atom is 0.223 e. The molecule has 4 aliphatic rings. The number of methoxy groups -OCH3 is 1. The molecule has 0 spiro atoms. The number of hydrogen-bond acceptors (Lipinski definition) is 4. The van der Waals surface area contributed by atoms with Crippen molar-refractivity contribution < 1.29 is 14.3 Å². The normalized spacial score (nSPS) is 31.5. The smallest absolute Gasteiger partial charge is 0.223 e. The van der Waals surface area contributed by atoms with Gasteiger partial charge in [0.1, 0.15) is 5.75 Å². The molecule has 4 fully saturated rings. The average molecular weight is 371 g/mol. The van der Waals surface area contributed by atoms with Gasteiger partial charge in [-0.2, -0.15) is 0 Å². The van der Waals surface area contributed by atoms with Crippen molar-refractivity contribution in [2.24, 2.45) is 5.92 Å². The minimum absolute atomic E-state index is 0.0697. The van der Waals surface area contributed by atoms with Gasteiger partial charge in [-0.3, -0.25) is 14.5 Å². The summed E-state index contributed by atoms with van der Waals surface area (Å²) in [6.07, 6.45) is 2.92. The number of rotatable bonds is 5. The van der Waals surface area contributed by atoms with Gasteiger partial charge in [0.25, 0.3) is 0 Å². The van der Waals surface area contributed by atoms with Gasteiger partial charge in [0.2, 0.25) is 11.8 Å². The van der Waals surface area contributed by atoms with Gasteiger partial charge < -0.3 is 15.0 Å². The Balaban J connectivity index is 1.57. The van der Waals surface area contributed by atoms with Gasteiger partial charge in [-0.15, -0.1) is 0 Å². The molecule has 6 nitrogen and oxygen atoms in total. The van der Waals surface area contributed by atoms with Gasteiger partial charge in [0.15, 0.2) is 0 Å².